The van der Waals surface area contributed by atoms with Crippen LogP contribution in [-0.4, -0.2) is 0 Å². The van der Waals surface area contributed by atoms with Crippen LogP contribution in [0.5, 0.6) is 0 Å². The van der Waals surface area contributed by atoms with Gasteiger partial charge in [-0.15, -0.1) is 0 Å². The zero-order chi connectivity index (χ0) is 9.71. The van der Waals surface area contributed by atoms with Crippen LogP contribution in [0.25, 0.3) is 0 Å². The van der Waals surface area contributed by atoms with Crippen molar-refractivity contribution in [2.45, 2.75) is 39.0 Å². The van der Waals surface area contributed by atoms with E-state index in [1.165, 1.54) is 19.3 Å². The van der Waals surface area contributed by atoms with Gasteiger partial charge < -0.3 is 0 Å². The minimum Gasteiger partial charge on any atom is -0.0625 e. The van der Waals surface area contributed by atoms with E-state index in [1.54, 1.807) is 16.7 Å². The summed E-state index contributed by atoms with van der Waals surface area (Å²) in [7, 11) is 0. The predicted molar refractivity (Wildman–Crippen MR) is 59.5 cm³/mol. The van der Waals surface area contributed by atoms with E-state index >= 15 is 0 Å². The second-order valence-corrected chi connectivity index (χ2v) is 5.25. The summed E-state index contributed by atoms with van der Waals surface area (Å²) in [6, 6.07) is 6.93. The Labute approximate surface area is 86.3 Å². The molecule has 74 valence electrons. The van der Waals surface area contributed by atoms with Gasteiger partial charge in [-0.2, -0.15) is 0 Å². The third kappa shape index (κ3) is 1.00. The van der Waals surface area contributed by atoms with Crippen LogP contribution in [0.2, 0.25) is 0 Å². The normalized spacial score (nSPS) is 28.5. The minimum absolute atomic E-state index is 0.846. The van der Waals surface area contributed by atoms with E-state index < -0.39 is 0 Å². The summed E-state index contributed by atoms with van der Waals surface area (Å²) in [5.41, 5.74) is 5.05. The molecule has 0 N–H and O–H groups in total. The molecule has 2 unspecified atom stereocenters. The third-order valence-corrected chi connectivity index (χ3v) is 4.21. The fraction of sp³-hybridized carbons (Fsp3) is 0.571. The Morgan fingerprint density at radius 2 is 2.00 bits per heavy atom. The highest BCUT2D eigenvalue weighted by atomic mass is 14.4. The second-order valence-electron chi connectivity index (χ2n) is 5.25. The van der Waals surface area contributed by atoms with Gasteiger partial charge in [0, 0.05) is 0 Å². The average molecular weight is 186 g/mol. The van der Waals surface area contributed by atoms with Gasteiger partial charge in [0.1, 0.15) is 0 Å². The van der Waals surface area contributed by atoms with Gasteiger partial charge in [0.15, 0.2) is 0 Å². The average Bonchev–Trinajstić information content (AvgIpc) is 2.72. The largest absolute Gasteiger partial charge is 0.0625 e. The minimum atomic E-state index is 0.846. The van der Waals surface area contributed by atoms with Gasteiger partial charge in [-0.25, -0.2) is 0 Å². The van der Waals surface area contributed by atoms with Gasteiger partial charge in [0.25, 0.3) is 0 Å². The Bertz CT molecular complexity index is 362. The molecular weight excluding hydrogens is 168 g/mol. The lowest BCUT2D eigenvalue weighted by atomic mass is 9.84. The summed E-state index contributed by atoms with van der Waals surface area (Å²) in [6.45, 7) is 4.77. The number of hydrogen-bond donors (Lipinski definition) is 0. The van der Waals surface area contributed by atoms with Crippen molar-refractivity contribution in [3.8, 4) is 0 Å². The van der Waals surface area contributed by atoms with Crippen LogP contribution in [0, 0.1) is 11.8 Å². The molecule has 0 heteroatoms. The fourth-order valence-corrected chi connectivity index (χ4v) is 3.52. The van der Waals surface area contributed by atoms with Crippen LogP contribution < -0.4 is 0 Å². The highest BCUT2D eigenvalue weighted by Crippen LogP contribution is 2.49. The molecule has 0 heterocycles. The SMILES string of the molecule is CC(C)C1Cc2cccc3c2C1CC3. The molecule has 14 heavy (non-hydrogen) atoms. The molecular formula is C14H18. The van der Waals surface area contributed by atoms with Crippen LogP contribution >= 0.6 is 0 Å². The lowest BCUT2D eigenvalue weighted by Crippen LogP contribution is -2.12. The van der Waals surface area contributed by atoms with Crippen molar-refractivity contribution in [3.63, 3.8) is 0 Å². The predicted octanol–water partition coefficient (Wildman–Crippen LogP) is 3.54. The maximum absolute atomic E-state index is 2.38. The van der Waals surface area contributed by atoms with Crippen LogP contribution in [0.15, 0.2) is 18.2 Å². The molecule has 3 rings (SSSR count). The molecule has 0 aliphatic heterocycles. The fourth-order valence-electron chi connectivity index (χ4n) is 3.52. The van der Waals surface area contributed by atoms with Crippen LogP contribution in [0.4, 0.5) is 0 Å². The molecule has 2 atom stereocenters. The Hall–Kier alpha value is -0.780. The molecule has 0 aromatic heterocycles. The zero-order valence-electron chi connectivity index (χ0n) is 9.09. The maximum atomic E-state index is 2.38. The van der Waals surface area contributed by atoms with Crippen LogP contribution in [0.1, 0.15) is 42.9 Å². The number of hydrogen-bond acceptors (Lipinski definition) is 0. The van der Waals surface area contributed by atoms with Crippen molar-refractivity contribution < 1.29 is 0 Å². The first-order chi connectivity index (χ1) is 6.77. The number of rotatable bonds is 1. The first-order valence-corrected chi connectivity index (χ1v) is 5.88. The van der Waals surface area contributed by atoms with Gasteiger partial charge in [0.2, 0.25) is 0 Å². The summed E-state index contributed by atoms with van der Waals surface area (Å²) < 4.78 is 0. The second kappa shape index (κ2) is 2.85. The zero-order valence-corrected chi connectivity index (χ0v) is 9.09. The van der Waals surface area contributed by atoms with Crippen molar-refractivity contribution >= 4 is 0 Å². The molecule has 1 aromatic carbocycles. The molecule has 0 spiro atoms. The number of benzene rings is 1. The summed E-state index contributed by atoms with van der Waals surface area (Å²) in [4.78, 5) is 0. The van der Waals surface area contributed by atoms with Gasteiger partial charge >= 0.3 is 0 Å². The Balaban J connectivity index is 2.08. The molecule has 0 fully saturated rings. The van der Waals surface area contributed by atoms with Gasteiger partial charge in [-0.05, 0) is 53.7 Å². The molecule has 1 aromatic rings. The first-order valence-electron chi connectivity index (χ1n) is 5.88. The van der Waals surface area contributed by atoms with Crippen LogP contribution in [-0.2, 0) is 12.8 Å². The Morgan fingerprint density at radius 1 is 1.21 bits per heavy atom. The van der Waals surface area contributed by atoms with Gasteiger partial charge in [-0.3, -0.25) is 0 Å². The topological polar surface area (TPSA) is 0 Å². The quantitative estimate of drug-likeness (QED) is 0.629. The molecule has 0 amide bonds. The van der Waals surface area contributed by atoms with Crippen LogP contribution in [0.3, 0.4) is 0 Å². The molecule has 2 aliphatic carbocycles. The molecule has 0 nitrogen and oxygen atoms in total. The maximum Gasteiger partial charge on any atom is -0.0119 e. The summed E-state index contributed by atoms with van der Waals surface area (Å²) in [6.07, 6.45) is 4.08. The van der Waals surface area contributed by atoms with Crippen molar-refractivity contribution in [2.24, 2.45) is 11.8 Å². The summed E-state index contributed by atoms with van der Waals surface area (Å²) in [5, 5.41) is 0. The Morgan fingerprint density at radius 3 is 2.79 bits per heavy atom. The van der Waals surface area contributed by atoms with E-state index in [0.717, 1.165) is 17.8 Å². The molecule has 0 radical (unpaired) electrons. The van der Waals surface area contributed by atoms with Gasteiger partial charge in [-0.1, -0.05) is 32.0 Å². The van der Waals surface area contributed by atoms with Crippen molar-refractivity contribution in [1.82, 2.24) is 0 Å². The van der Waals surface area contributed by atoms with Gasteiger partial charge in [0.05, 0.1) is 0 Å². The smallest absolute Gasteiger partial charge is 0.0119 e. The third-order valence-electron chi connectivity index (χ3n) is 4.21. The van der Waals surface area contributed by atoms with E-state index in [0.29, 0.717) is 0 Å². The molecule has 0 saturated heterocycles. The van der Waals surface area contributed by atoms with E-state index in [1.807, 2.05) is 0 Å². The lowest BCUT2D eigenvalue weighted by Gasteiger charge is -2.20. The highest BCUT2D eigenvalue weighted by Gasteiger charge is 2.38. The molecule has 2 aliphatic rings. The Kier molecular flexibility index (Phi) is 1.74. The van der Waals surface area contributed by atoms with Crippen molar-refractivity contribution in [3.05, 3.63) is 34.9 Å². The summed E-state index contributed by atoms with van der Waals surface area (Å²) >= 11 is 0. The van der Waals surface area contributed by atoms with E-state index in [4.69, 9.17) is 0 Å². The monoisotopic (exact) mass is 186 g/mol. The highest BCUT2D eigenvalue weighted by molar-refractivity contribution is 5.46. The molecule has 0 bridgehead atoms. The lowest BCUT2D eigenvalue weighted by molar-refractivity contribution is 0.338. The van der Waals surface area contributed by atoms with E-state index in [9.17, 15) is 0 Å². The van der Waals surface area contributed by atoms with E-state index in [-0.39, 0.29) is 0 Å². The van der Waals surface area contributed by atoms with Crippen molar-refractivity contribution in [1.29, 1.82) is 0 Å². The standard InChI is InChI=1S/C14H18/c1-9(2)13-8-11-5-3-4-10-6-7-12(13)14(10)11/h3-5,9,12-13H,6-8H2,1-2H3. The number of aryl methyl sites for hydroxylation is 1. The first kappa shape index (κ1) is 8.52. The van der Waals surface area contributed by atoms with Crippen molar-refractivity contribution in [2.75, 3.05) is 0 Å². The summed E-state index contributed by atoms with van der Waals surface area (Å²) in [5.74, 6) is 2.67. The van der Waals surface area contributed by atoms with E-state index in [2.05, 4.69) is 32.0 Å². The molecule has 0 saturated carbocycles.